The molecule has 2 aromatic heterocycles. The van der Waals surface area contributed by atoms with Crippen molar-refractivity contribution in [2.45, 2.75) is 26.7 Å². The van der Waals surface area contributed by atoms with Crippen molar-refractivity contribution < 1.29 is 14.2 Å². The maximum absolute atomic E-state index is 5.94. The predicted octanol–water partition coefficient (Wildman–Crippen LogP) is 5.93. The number of hydrogen-bond acceptors (Lipinski definition) is 6. The summed E-state index contributed by atoms with van der Waals surface area (Å²) in [6.45, 7) is 6.27. The molecule has 2 aromatic carbocycles. The van der Waals surface area contributed by atoms with E-state index in [1.54, 1.807) is 20.4 Å². The molecular formula is C25H25N3O3. The lowest BCUT2D eigenvalue weighted by atomic mass is 9.99. The van der Waals surface area contributed by atoms with E-state index >= 15 is 0 Å². The third-order valence-corrected chi connectivity index (χ3v) is 5.12. The Kier molecular flexibility index (Phi) is 5.71. The summed E-state index contributed by atoms with van der Waals surface area (Å²) in [6, 6.07) is 16.1. The monoisotopic (exact) mass is 415 g/mol. The van der Waals surface area contributed by atoms with Gasteiger partial charge in [-0.25, -0.2) is 0 Å². The zero-order chi connectivity index (χ0) is 22.0. The first-order valence-electron chi connectivity index (χ1n) is 10.1. The SMILES string of the molecule is COc1cc2nc(Oc3ccc(C)nc3)nc(-c3ccc(C(C)C)cc3)c2cc1OC. The molecule has 0 aliphatic carbocycles. The quantitative estimate of drug-likeness (QED) is 0.389. The Labute approximate surface area is 181 Å². The smallest absolute Gasteiger partial charge is 0.323 e. The van der Waals surface area contributed by atoms with Crippen molar-refractivity contribution >= 4 is 10.9 Å². The molecule has 6 heteroatoms. The molecule has 31 heavy (non-hydrogen) atoms. The van der Waals surface area contributed by atoms with E-state index in [4.69, 9.17) is 19.2 Å². The third-order valence-electron chi connectivity index (χ3n) is 5.12. The van der Waals surface area contributed by atoms with Gasteiger partial charge in [0.25, 0.3) is 0 Å². The van der Waals surface area contributed by atoms with Crippen molar-refractivity contribution in [2.75, 3.05) is 14.2 Å². The van der Waals surface area contributed by atoms with Crippen LogP contribution in [0.2, 0.25) is 0 Å². The number of methoxy groups -OCH3 is 2. The predicted molar refractivity (Wildman–Crippen MR) is 121 cm³/mol. The maximum atomic E-state index is 5.94. The number of ether oxygens (including phenoxy) is 3. The van der Waals surface area contributed by atoms with E-state index < -0.39 is 0 Å². The van der Waals surface area contributed by atoms with E-state index in [0.717, 1.165) is 22.3 Å². The first-order valence-corrected chi connectivity index (χ1v) is 10.1. The van der Waals surface area contributed by atoms with Crippen LogP contribution in [0, 0.1) is 6.92 Å². The molecule has 2 heterocycles. The Morgan fingerprint density at radius 2 is 1.55 bits per heavy atom. The highest BCUT2D eigenvalue weighted by molar-refractivity contribution is 5.94. The molecule has 0 radical (unpaired) electrons. The number of hydrogen-bond donors (Lipinski definition) is 0. The Bertz CT molecular complexity index is 1200. The number of benzene rings is 2. The summed E-state index contributed by atoms with van der Waals surface area (Å²) in [4.78, 5) is 13.6. The van der Waals surface area contributed by atoms with Crippen LogP contribution in [0.3, 0.4) is 0 Å². The van der Waals surface area contributed by atoms with Gasteiger partial charge in [-0.15, -0.1) is 0 Å². The first-order chi connectivity index (χ1) is 15.0. The fourth-order valence-corrected chi connectivity index (χ4v) is 3.35. The average molecular weight is 415 g/mol. The van der Waals surface area contributed by atoms with Gasteiger partial charge in [-0.3, -0.25) is 4.98 Å². The normalized spacial score (nSPS) is 11.0. The van der Waals surface area contributed by atoms with E-state index in [-0.39, 0.29) is 6.01 Å². The van der Waals surface area contributed by atoms with Gasteiger partial charge in [0.1, 0.15) is 5.75 Å². The molecule has 0 aliphatic heterocycles. The van der Waals surface area contributed by atoms with E-state index in [0.29, 0.717) is 28.7 Å². The van der Waals surface area contributed by atoms with Crippen LogP contribution in [0.15, 0.2) is 54.7 Å². The van der Waals surface area contributed by atoms with Crippen molar-refractivity contribution in [1.82, 2.24) is 15.0 Å². The Balaban J connectivity index is 1.88. The van der Waals surface area contributed by atoms with Crippen LogP contribution in [0.5, 0.6) is 23.3 Å². The summed E-state index contributed by atoms with van der Waals surface area (Å²) in [5.74, 6) is 2.24. The molecule has 0 N–H and O–H groups in total. The molecule has 0 saturated heterocycles. The second kappa shape index (κ2) is 8.60. The van der Waals surface area contributed by atoms with Gasteiger partial charge in [0.15, 0.2) is 11.5 Å². The summed E-state index contributed by atoms with van der Waals surface area (Å²) in [7, 11) is 3.22. The van der Waals surface area contributed by atoms with Crippen LogP contribution in [0.1, 0.15) is 31.0 Å². The van der Waals surface area contributed by atoms with Gasteiger partial charge in [-0.2, -0.15) is 9.97 Å². The van der Waals surface area contributed by atoms with Crippen LogP contribution in [-0.2, 0) is 0 Å². The number of rotatable bonds is 6. The fraction of sp³-hybridized carbons (Fsp3) is 0.240. The number of pyridine rings is 1. The molecule has 0 atom stereocenters. The number of aryl methyl sites for hydroxylation is 1. The van der Waals surface area contributed by atoms with Crippen LogP contribution in [0.25, 0.3) is 22.2 Å². The van der Waals surface area contributed by atoms with Crippen LogP contribution >= 0.6 is 0 Å². The van der Waals surface area contributed by atoms with Gasteiger partial charge in [0, 0.05) is 22.7 Å². The van der Waals surface area contributed by atoms with E-state index in [1.165, 1.54) is 5.56 Å². The molecule has 0 spiro atoms. The molecule has 0 aliphatic rings. The molecule has 0 saturated carbocycles. The Morgan fingerprint density at radius 3 is 2.16 bits per heavy atom. The van der Waals surface area contributed by atoms with Crippen molar-refractivity contribution in [1.29, 1.82) is 0 Å². The van der Waals surface area contributed by atoms with Crippen LogP contribution < -0.4 is 14.2 Å². The zero-order valence-corrected chi connectivity index (χ0v) is 18.3. The van der Waals surface area contributed by atoms with Crippen molar-refractivity contribution in [3.8, 4) is 34.5 Å². The molecule has 0 amide bonds. The van der Waals surface area contributed by atoms with Gasteiger partial charge in [-0.1, -0.05) is 38.1 Å². The zero-order valence-electron chi connectivity index (χ0n) is 18.3. The summed E-state index contributed by atoms with van der Waals surface area (Å²) in [5, 5.41) is 0.851. The summed E-state index contributed by atoms with van der Waals surface area (Å²) in [5.41, 5.74) is 4.61. The highest BCUT2D eigenvalue weighted by Crippen LogP contribution is 2.37. The minimum absolute atomic E-state index is 0.244. The van der Waals surface area contributed by atoms with Gasteiger partial charge in [0.2, 0.25) is 0 Å². The third kappa shape index (κ3) is 4.28. The van der Waals surface area contributed by atoms with E-state index in [9.17, 15) is 0 Å². The molecule has 4 rings (SSSR count). The largest absolute Gasteiger partial charge is 0.493 e. The number of fused-ring (bicyclic) bond motifs is 1. The molecule has 0 bridgehead atoms. The molecule has 0 fully saturated rings. The summed E-state index contributed by atoms with van der Waals surface area (Å²) in [6.07, 6.45) is 1.66. The first kappa shape index (κ1) is 20.6. The topological polar surface area (TPSA) is 66.4 Å². The lowest BCUT2D eigenvalue weighted by Crippen LogP contribution is -1.99. The minimum atomic E-state index is 0.244. The Morgan fingerprint density at radius 1 is 0.839 bits per heavy atom. The Hall–Kier alpha value is -3.67. The number of aromatic nitrogens is 3. The second-order valence-electron chi connectivity index (χ2n) is 7.59. The number of nitrogens with zero attached hydrogens (tertiary/aromatic N) is 3. The van der Waals surface area contributed by atoms with Crippen molar-refractivity contribution in [3.05, 3.63) is 66.0 Å². The average Bonchev–Trinajstić information content (AvgIpc) is 2.79. The fourth-order valence-electron chi connectivity index (χ4n) is 3.35. The van der Waals surface area contributed by atoms with Crippen molar-refractivity contribution in [2.24, 2.45) is 0 Å². The van der Waals surface area contributed by atoms with Gasteiger partial charge in [-0.05, 0) is 36.6 Å². The maximum Gasteiger partial charge on any atom is 0.323 e. The summed E-state index contributed by atoms with van der Waals surface area (Å²) < 4.78 is 16.9. The molecule has 4 aromatic rings. The van der Waals surface area contributed by atoms with E-state index in [2.05, 4.69) is 48.1 Å². The van der Waals surface area contributed by atoms with Gasteiger partial charge >= 0.3 is 6.01 Å². The standard InChI is InChI=1S/C25H25N3O3/c1-15(2)17-7-9-18(10-8-17)24-20-12-22(29-4)23(30-5)13-21(20)27-25(28-24)31-19-11-6-16(3)26-14-19/h6-15H,1-5H3. The lowest BCUT2D eigenvalue weighted by molar-refractivity contribution is 0.355. The van der Waals surface area contributed by atoms with Crippen LogP contribution in [-0.4, -0.2) is 29.2 Å². The second-order valence-corrected chi connectivity index (χ2v) is 7.59. The molecular weight excluding hydrogens is 390 g/mol. The highest BCUT2D eigenvalue weighted by atomic mass is 16.5. The molecule has 6 nitrogen and oxygen atoms in total. The van der Waals surface area contributed by atoms with Crippen LogP contribution in [0.4, 0.5) is 0 Å². The summed E-state index contributed by atoms with van der Waals surface area (Å²) >= 11 is 0. The van der Waals surface area contributed by atoms with E-state index in [1.807, 2.05) is 31.2 Å². The minimum Gasteiger partial charge on any atom is -0.493 e. The highest BCUT2D eigenvalue weighted by Gasteiger charge is 2.16. The molecule has 158 valence electrons. The van der Waals surface area contributed by atoms with Gasteiger partial charge in [0.05, 0.1) is 31.6 Å². The van der Waals surface area contributed by atoms with Gasteiger partial charge < -0.3 is 14.2 Å². The van der Waals surface area contributed by atoms with Crippen molar-refractivity contribution in [3.63, 3.8) is 0 Å². The molecule has 0 unspecified atom stereocenters. The lowest BCUT2D eigenvalue weighted by Gasteiger charge is -2.14.